The van der Waals surface area contributed by atoms with Crippen LogP contribution in [0.15, 0.2) is 42.5 Å². The Labute approximate surface area is 125 Å². The third-order valence-corrected chi connectivity index (χ3v) is 4.06. The molecule has 0 saturated carbocycles. The number of anilines is 2. The molecule has 3 heteroatoms. The van der Waals surface area contributed by atoms with Gasteiger partial charge in [-0.1, -0.05) is 30.3 Å². The lowest BCUT2D eigenvalue weighted by atomic mass is 9.97. The minimum Gasteiger partial charge on any atom is -0.399 e. The number of fused-ring (bicyclic) bond motifs is 1. The molecule has 0 spiro atoms. The van der Waals surface area contributed by atoms with Gasteiger partial charge in [0.05, 0.1) is 6.42 Å². The van der Waals surface area contributed by atoms with E-state index in [1.807, 2.05) is 29.2 Å². The van der Waals surface area contributed by atoms with Crippen LogP contribution in [0.25, 0.3) is 0 Å². The fourth-order valence-corrected chi connectivity index (χ4v) is 3.00. The Bertz CT molecular complexity index is 661. The largest absolute Gasteiger partial charge is 0.399 e. The first-order valence-electron chi connectivity index (χ1n) is 7.38. The molecule has 2 aromatic rings. The van der Waals surface area contributed by atoms with Crippen LogP contribution < -0.4 is 10.6 Å². The second-order valence-electron chi connectivity index (χ2n) is 5.65. The lowest BCUT2D eigenvalue weighted by Crippen LogP contribution is -2.37. The average molecular weight is 280 g/mol. The number of amides is 1. The number of nitrogen functional groups attached to an aromatic ring is 1. The van der Waals surface area contributed by atoms with Crippen LogP contribution in [-0.4, -0.2) is 12.5 Å². The molecule has 3 nitrogen and oxygen atoms in total. The molecule has 3 rings (SSSR count). The molecule has 0 atom stereocenters. The minimum atomic E-state index is 0.162. The SMILES string of the molecule is Cc1cccc2c1N(C(=O)Cc1ccc(N)cc1)CCC2. The molecule has 0 aromatic heterocycles. The van der Waals surface area contributed by atoms with Gasteiger partial charge in [0, 0.05) is 17.9 Å². The van der Waals surface area contributed by atoms with Gasteiger partial charge in [-0.05, 0) is 48.6 Å². The molecule has 0 aliphatic carbocycles. The summed E-state index contributed by atoms with van der Waals surface area (Å²) in [6.07, 6.45) is 2.51. The van der Waals surface area contributed by atoms with Crippen LogP contribution >= 0.6 is 0 Å². The Morgan fingerprint density at radius 3 is 2.71 bits per heavy atom. The molecule has 0 saturated heterocycles. The van der Waals surface area contributed by atoms with E-state index in [1.165, 1.54) is 11.1 Å². The van der Waals surface area contributed by atoms with Gasteiger partial charge in [0.2, 0.25) is 5.91 Å². The van der Waals surface area contributed by atoms with E-state index in [9.17, 15) is 4.79 Å². The van der Waals surface area contributed by atoms with Crippen molar-refractivity contribution >= 4 is 17.3 Å². The number of nitrogens with two attached hydrogens (primary N) is 1. The molecule has 0 fully saturated rings. The predicted octanol–water partition coefficient (Wildman–Crippen LogP) is 3.10. The summed E-state index contributed by atoms with van der Waals surface area (Å²) in [5.41, 5.74) is 11.0. The number of benzene rings is 2. The van der Waals surface area contributed by atoms with Gasteiger partial charge in [-0.25, -0.2) is 0 Å². The van der Waals surface area contributed by atoms with Crippen molar-refractivity contribution in [2.24, 2.45) is 0 Å². The first-order chi connectivity index (χ1) is 10.1. The highest BCUT2D eigenvalue weighted by Crippen LogP contribution is 2.30. The van der Waals surface area contributed by atoms with E-state index in [0.29, 0.717) is 6.42 Å². The van der Waals surface area contributed by atoms with Crippen molar-refractivity contribution in [3.63, 3.8) is 0 Å². The fourth-order valence-electron chi connectivity index (χ4n) is 3.00. The molecule has 0 bridgehead atoms. The highest BCUT2D eigenvalue weighted by atomic mass is 16.2. The summed E-state index contributed by atoms with van der Waals surface area (Å²) in [5, 5.41) is 0. The highest BCUT2D eigenvalue weighted by Gasteiger charge is 2.23. The molecule has 21 heavy (non-hydrogen) atoms. The minimum absolute atomic E-state index is 0.162. The maximum absolute atomic E-state index is 12.7. The Morgan fingerprint density at radius 1 is 1.19 bits per heavy atom. The van der Waals surface area contributed by atoms with E-state index in [1.54, 1.807) is 0 Å². The number of para-hydroxylation sites is 1. The summed E-state index contributed by atoms with van der Waals surface area (Å²) in [6, 6.07) is 13.8. The smallest absolute Gasteiger partial charge is 0.231 e. The average Bonchev–Trinajstić information content (AvgIpc) is 2.49. The molecule has 2 aromatic carbocycles. The zero-order valence-corrected chi connectivity index (χ0v) is 12.3. The standard InChI is InChI=1S/C18H20N2O/c1-13-4-2-5-15-6-3-11-20(18(13)15)17(21)12-14-7-9-16(19)10-8-14/h2,4-5,7-10H,3,6,11-12,19H2,1H3. The fraction of sp³-hybridized carbons (Fsp3) is 0.278. The van der Waals surface area contributed by atoms with Crippen molar-refractivity contribution in [1.29, 1.82) is 0 Å². The van der Waals surface area contributed by atoms with Crippen LogP contribution in [0.2, 0.25) is 0 Å². The first-order valence-corrected chi connectivity index (χ1v) is 7.38. The molecule has 1 aliphatic rings. The maximum Gasteiger partial charge on any atom is 0.231 e. The second kappa shape index (κ2) is 5.60. The van der Waals surface area contributed by atoms with Gasteiger partial charge in [0.25, 0.3) is 0 Å². The number of hydrogen-bond acceptors (Lipinski definition) is 2. The van der Waals surface area contributed by atoms with Gasteiger partial charge >= 0.3 is 0 Å². The Hall–Kier alpha value is -2.29. The van der Waals surface area contributed by atoms with Crippen molar-refractivity contribution in [1.82, 2.24) is 0 Å². The van der Waals surface area contributed by atoms with E-state index in [4.69, 9.17) is 5.73 Å². The zero-order valence-electron chi connectivity index (χ0n) is 12.3. The van der Waals surface area contributed by atoms with Gasteiger partial charge in [-0.2, -0.15) is 0 Å². The van der Waals surface area contributed by atoms with Crippen LogP contribution in [-0.2, 0) is 17.6 Å². The lowest BCUT2D eigenvalue weighted by molar-refractivity contribution is -0.118. The van der Waals surface area contributed by atoms with E-state index in [-0.39, 0.29) is 5.91 Å². The van der Waals surface area contributed by atoms with E-state index in [2.05, 4.69) is 25.1 Å². The summed E-state index contributed by atoms with van der Waals surface area (Å²) >= 11 is 0. The van der Waals surface area contributed by atoms with Crippen LogP contribution in [0.1, 0.15) is 23.1 Å². The molecule has 108 valence electrons. The van der Waals surface area contributed by atoms with Crippen LogP contribution in [0.4, 0.5) is 11.4 Å². The summed E-state index contributed by atoms with van der Waals surface area (Å²) in [7, 11) is 0. The summed E-state index contributed by atoms with van der Waals surface area (Å²) in [4.78, 5) is 14.6. The monoisotopic (exact) mass is 280 g/mol. The second-order valence-corrected chi connectivity index (χ2v) is 5.65. The molecular formula is C18H20N2O. The van der Waals surface area contributed by atoms with E-state index in [0.717, 1.165) is 36.3 Å². The molecule has 0 unspecified atom stereocenters. The number of nitrogens with zero attached hydrogens (tertiary/aromatic N) is 1. The molecule has 0 radical (unpaired) electrons. The topological polar surface area (TPSA) is 46.3 Å². The normalized spacial score (nSPS) is 13.9. The zero-order chi connectivity index (χ0) is 14.8. The Balaban J connectivity index is 1.85. The Kier molecular flexibility index (Phi) is 3.65. The number of carbonyl (C=O) groups excluding carboxylic acids is 1. The van der Waals surface area contributed by atoms with Gasteiger partial charge < -0.3 is 10.6 Å². The number of aryl methyl sites for hydroxylation is 2. The van der Waals surface area contributed by atoms with Gasteiger partial charge in [-0.15, -0.1) is 0 Å². The number of carbonyl (C=O) groups is 1. The molecule has 2 N–H and O–H groups in total. The van der Waals surface area contributed by atoms with Crippen LogP contribution in [0, 0.1) is 6.92 Å². The summed E-state index contributed by atoms with van der Waals surface area (Å²) in [6.45, 7) is 2.89. The maximum atomic E-state index is 12.7. The molecule has 1 heterocycles. The van der Waals surface area contributed by atoms with Gasteiger partial charge in [-0.3, -0.25) is 4.79 Å². The van der Waals surface area contributed by atoms with Crippen LogP contribution in [0.3, 0.4) is 0 Å². The van der Waals surface area contributed by atoms with Crippen molar-refractivity contribution in [2.75, 3.05) is 17.2 Å². The van der Waals surface area contributed by atoms with Crippen molar-refractivity contribution in [3.05, 3.63) is 59.2 Å². The quantitative estimate of drug-likeness (QED) is 0.859. The van der Waals surface area contributed by atoms with Crippen molar-refractivity contribution in [2.45, 2.75) is 26.2 Å². The van der Waals surface area contributed by atoms with Crippen molar-refractivity contribution in [3.8, 4) is 0 Å². The summed E-state index contributed by atoms with van der Waals surface area (Å²) < 4.78 is 0. The van der Waals surface area contributed by atoms with Crippen molar-refractivity contribution < 1.29 is 4.79 Å². The van der Waals surface area contributed by atoms with Gasteiger partial charge in [0.15, 0.2) is 0 Å². The summed E-state index contributed by atoms with van der Waals surface area (Å²) in [5.74, 6) is 0.162. The van der Waals surface area contributed by atoms with E-state index < -0.39 is 0 Å². The number of rotatable bonds is 2. The third kappa shape index (κ3) is 2.77. The molecule has 1 aliphatic heterocycles. The van der Waals surface area contributed by atoms with E-state index >= 15 is 0 Å². The first kappa shape index (κ1) is 13.7. The molecular weight excluding hydrogens is 260 g/mol. The number of hydrogen-bond donors (Lipinski definition) is 1. The molecule has 1 amide bonds. The lowest BCUT2D eigenvalue weighted by Gasteiger charge is -2.31. The highest BCUT2D eigenvalue weighted by molar-refractivity contribution is 5.96. The van der Waals surface area contributed by atoms with Crippen LogP contribution in [0.5, 0.6) is 0 Å². The third-order valence-electron chi connectivity index (χ3n) is 4.06. The predicted molar refractivity (Wildman–Crippen MR) is 86.4 cm³/mol. The van der Waals surface area contributed by atoms with Gasteiger partial charge in [0.1, 0.15) is 0 Å². The Morgan fingerprint density at radius 2 is 1.95 bits per heavy atom.